The second-order valence-corrected chi connectivity index (χ2v) is 10.2. The molecule has 0 radical (unpaired) electrons. The van der Waals surface area contributed by atoms with Crippen molar-refractivity contribution in [1.82, 2.24) is 15.3 Å². The van der Waals surface area contributed by atoms with Gasteiger partial charge in [-0.25, -0.2) is 18.5 Å². The van der Waals surface area contributed by atoms with Crippen molar-refractivity contribution in [2.24, 2.45) is 5.14 Å². The lowest BCUT2D eigenvalue weighted by Gasteiger charge is -2.15. The van der Waals surface area contributed by atoms with Crippen molar-refractivity contribution in [2.75, 3.05) is 18.5 Å². The molecule has 0 saturated carbocycles. The number of carbonyl (C=O) groups is 2. The van der Waals surface area contributed by atoms with E-state index in [9.17, 15) is 18.0 Å². The zero-order valence-electron chi connectivity index (χ0n) is 20.0. The van der Waals surface area contributed by atoms with Crippen LogP contribution in [0.2, 0.25) is 0 Å². The zero-order chi connectivity index (χ0) is 26.3. The first-order chi connectivity index (χ1) is 17.1. The molecule has 1 aromatic carbocycles. The fourth-order valence-electron chi connectivity index (χ4n) is 3.00. The number of sulfonamides is 1. The lowest BCUT2D eigenvalue weighted by atomic mass is 10.2. The highest BCUT2D eigenvalue weighted by molar-refractivity contribution is 7.89. The van der Waals surface area contributed by atoms with E-state index in [0.29, 0.717) is 34.4 Å². The second kappa shape index (κ2) is 11.9. The van der Waals surface area contributed by atoms with E-state index in [2.05, 4.69) is 20.6 Å². The number of pyridine rings is 1. The van der Waals surface area contributed by atoms with E-state index in [4.69, 9.17) is 14.6 Å². The molecule has 1 amide bonds. The summed E-state index contributed by atoms with van der Waals surface area (Å²) in [5, 5.41) is 13.3. The van der Waals surface area contributed by atoms with Gasteiger partial charge in [0.1, 0.15) is 11.4 Å². The third-order valence-corrected chi connectivity index (χ3v) is 6.27. The van der Waals surface area contributed by atoms with Crippen molar-refractivity contribution in [2.45, 2.75) is 38.2 Å². The van der Waals surface area contributed by atoms with Crippen LogP contribution in [0.15, 0.2) is 46.8 Å². The van der Waals surface area contributed by atoms with E-state index in [0.717, 1.165) is 0 Å². The highest BCUT2D eigenvalue weighted by Gasteiger charge is 2.16. The predicted octanol–water partition coefficient (Wildman–Crippen LogP) is 3.07. The van der Waals surface area contributed by atoms with Gasteiger partial charge in [-0.2, -0.15) is 0 Å². The maximum absolute atomic E-state index is 12.2. The third kappa shape index (κ3) is 7.47. The first kappa shape index (κ1) is 27.0. The lowest BCUT2D eigenvalue weighted by molar-refractivity contribution is -0.142. The summed E-state index contributed by atoms with van der Waals surface area (Å²) in [5.41, 5.74) is 1.90. The number of nitrogens with two attached hydrogens (primary N) is 1. The van der Waals surface area contributed by atoms with Crippen LogP contribution in [0.5, 0.6) is 5.75 Å². The van der Waals surface area contributed by atoms with Crippen LogP contribution in [-0.4, -0.2) is 49.5 Å². The van der Waals surface area contributed by atoms with Crippen molar-refractivity contribution in [1.29, 1.82) is 0 Å². The van der Waals surface area contributed by atoms with Crippen molar-refractivity contribution < 1.29 is 27.5 Å². The molecule has 2 aromatic heterocycles. The first-order valence-electron chi connectivity index (χ1n) is 11.0. The van der Waals surface area contributed by atoms with Gasteiger partial charge in [0.05, 0.1) is 35.4 Å². The van der Waals surface area contributed by atoms with E-state index < -0.39 is 15.9 Å². The summed E-state index contributed by atoms with van der Waals surface area (Å²) < 4.78 is 34.2. The molecule has 3 rings (SSSR count). The molecule has 192 valence electrons. The van der Waals surface area contributed by atoms with Gasteiger partial charge in [-0.3, -0.25) is 14.6 Å². The minimum Gasteiger partial charge on any atom is -0.489 e. The number of aromatic nitrogens is 2. The molecule has 0 aliphatic carbocycles. The molecule has 2 heterocycles. The number of amides is 1. The van der Waals surface area contributed by atoms with Gasteiger partial charge in [0.25, 0.3) is 5.91 Å². The van der Waals surface area contributed by atoms with Crippen molar-refractivity contribution >= 4 is 44.1 Å². The van der Waals surface area contributed by atoms with E-state index in [1.54, 1.807) is 24.4 Å². The number of esters is 1. The maximum Gasteiger partial charge on any atom is 0.307 e. The molecule has 13 heteroatoms. The van der Waals surface area contributed by atoms with Gasteiger partial charge in [0.15, 0.2) is 5.13 Å². The lowest BCUT2D eigenvalue weighted by Crippen LogP contribution is -2.27. The topological polar surface area (TPSA) is 163 Å². The monoisotopic (exact) mass is 533 g/mol. The number of primary sulfonamides is 1. The molecule has 0 unspecified atom stereocenters. The molecule has 0 saturated heterocycles. The highest BCUT2D eigenvalue weighted by atomic mass is 32.2. The molecular formula is C23H27N5O6S2. The Kier molecular flexibility index (Phi) is 8.96. The minimum absolute atomic E-state index is 0.0572. The number of thiazole rings is 1. The van der Waals surface area contributed by atoms with Gasteiger partial charge >= 0.3 is 5.97 Å². The molecule has 0 fully saturated rings. The second-order valence-electron chi connectivity index (χ2n) is 7.78. The largest absolute Gasteiger partial charge is 0.489 e. The summed E-state index contributed by atoms with van der Waals surface area (Å²) in [6.45, 7) is 5.87. The number of nitrogens with one attached hydrogen (secondary N) is 2. The molecule has 0 bridgehead atoms. The quantitative estimate of drug-likeness (QED) is 0.314. The molecule has 36 heavy (non-hydrogen) atoms. The first-order valence-corrected chi connectivity index (χ1v) is 13.5. The van der Waals surface area contributed by atoms with Crippen LogP contribution < -0.4 is 20.5 Å². The highest BCUT2D eigenvalue weighted by Crippen LogP contribution is 2.33. The summed E-state index contributed by atoms with van der Waals surface area (Å²) in [6.07, 6.45) is 1.47. The average Bonchev–Trinajstić information content (AvgIpc) is 3.28. The minimum atomic E-state index is -3.90. The average molecular weight is 534 g/mol. The summed E-state index contributed by atoms with van der Waals surface area (Å²) in [7, 11) is -3.90. The van der Waals surface area contributed by atoms with Gasteiger partial charge in [0.2, 0.25) is 10.0 Å². The van der Waals surface area contributed by atoms with Crippen LogP contribution in [0, 0.1) is 0 Å². The fourth-order valence-corrected chi connectivity index (χ4v) is 4.27. The number of anilines is 2. The Balaban J connectivity index is 1.71. The standard InChI is InChI=1S/C23H27N5O6S2/c1-4-33-21(29)9-10-25-22(30)17-7-5-15(12-26-17)19-13-35-23(28-19)27-18-11-16(36(24,31)32)6-8-20(18)34-14(2)3/h5-8,11-14H,4,9-10H2,1-3H3,(H,25,30)(H,27,28)(H2,24,31,32). The van der Waals surface area contributed by atoms with Crippen molar-refractivity contribution in [3.63, 3.8) is 0 Å². The Labute approximate surface area is 213 Å². The van der Waals surface area contributed by atoms with E-state index >= 15 is 0 Å². The van der Waals surface area contributed by atoms with Gasteiger partial charge in [-0.1, -0.05) is 0 Å². The number of hydrogen-bond acceptors (Lipinski definition) is 10. The summed E-state index contributed by atoms with van der Waals surface area (Å²) in [4.78, 5) is 32.3. The Bertz CT molecular complexity index is 1320. The molecule has 11 nitrogen and oxygen atoms in total. The Morgan fingerprint density at radius 3 is 2.61 bits per heavy atom. The number of benzene rings is 1. The summed E-state index contributed by atoms with van der Waals surface area (Å²) in [5.74, 6) is -0.332. The molecule has 0 spiro atoms. The number of nitrogens with zero attached hydrogens (tertiary/aromatic N) is 2. The maximum atomic E-state index is 12.2. The fraction of sp³-hybridized carbons (Fsp3) is 0.304. The summed E-state index contributed by atoms with van der Waals surface area (Å²) >= 11 is 1.30. The van der Waals surface area contributed by atoms with Crippen LogP contribution in [0.4, 0.5) is 10.8 Å². The molecule has 0 aliphatic heterocycles. The van der Waals surface area contributed by atoms with E-state index in [1.807, 2.05) is 13.8 Å². The normalized spacial score (nSPS) is 11.2. The van der Waals surface area contributed by atoms with Crippen LogP contribution in [0.25, 0.3) is 11.3 Å². The number of ether oxygens (including phenoxy) is 2. The SMILES string of the molecule is CCOC(=O)CCNC(=O)c1ccc(-c2csc(Nc3cc(S(N)(=O)=O)ccc3OC(C)C)n2)cn1. The number of rotatable bonds is 11. The number of carbonyl (C=O) groups excluding carboxylic acids is 2. The molecular weight excluding hydrogens is 506 g/mol. The van der Waals surface area contributed by atoms with Crippen LogP contribution >= 0.6 is 11.3 Å². The van der Waals surface area contributed by atoms with Gasteiger partial charge in [-0.15, -0.1) is 11.3 Å². The molecule has 4 N–H and O–H groups in total. The van der Waals surface area contributed by atoms with Gasteiger partial charge in [-0.05, 0) is 51.1 Å². The Hall–Kier alpha value is -3.55. The van der Waals surface area contributed by atoms with Crippen molar-refractivity contribution in [3.8, 4) is 17.0 Å². The predicted molar refractivity (Wildman–Crippen MR) is 136 cm³/mol. The summed E-state index contributed by atoms with van der Waals surface area (Å²) in [6, 6.07) is 7.58. The molecule has 3 aromatic rings. The zero-order valence-corrected chi connectivity index (χ0v) is 21.6. The van der Waals surface area contributed by atoms with Gasteiger partial charge < -0.3 is 20.1 Å². The molecule has 0 atom stereocenters. The van der Waals surface area contributed by atoms with Crippen LogP contribution in [-0.2, 0) is 19.6 Å². The van der Waals surface area contributed by atoms with Crippen LogP contribution in [0.1, 0.15) is 37.7 Å². The molecule has 0 aliphatic rings. The van der Waals surface area contributed by atoms with Crippen LogP contribution in [0.3, 0.4) is 0 Å². The van der Waals surface area contributed by atoms with Gasteiger partial charge in [0, 0.05) is 23.7 Å². The Morgan fingerprint density at radius 2 is 1.97 bits per heavy atom. The number of hydrogen-bond donors (Lipinski definition) is 3. The van der Waals surface area contributed by atoms with E-state index in [1.165, 1.54) is 35.7 Å². The van der Waals surface area contributed by atoms with E-state index in [-0.39, 0.29) is 35.6 Å². The Morgan fingerprint density at radius 1 is 1.19 bits per heavy atom. The smallest absolute Gasteiger partial charge is 0.307 e. The third-order valence-electron chi connectivity index (χ3n) is 4.60. The van der Waals surface area contributed by atoms with Crippen molar-refractivity contribution in [3.05, 3.63) is 47.6 Å².